The van der Waals surface area contributed by atoms with Gasteiger partial charge < -0.3 is 15.4 Å². The summed E-state index contributed by atoms with van der Waals surface area (Å²) < 4.78 is 5.39. The molecule has 1 amide bonds. The molecule has 2 N–H and O–H groups in total. The van der Waals surface area contributed by atoms with Crippen molar-refractivity contribution in [1.82, 2.24) is 10.3 Å². The van der Waals surface area contributed by atoms with Crippen molar-refractivity contribution in [3.05, 3.63) is 53.2 Å². The van der Waals surface area contributed by atoms with E-state index in [0.29, 0.717) is 24.6 Å². The van der Waals surface area contributed by atoms with Crippen molar-refractivity contribution in [1.29, 1.82) is 0 Å². The molecule has 0 saturated carbocycles. The number of nitrogens with one attached hydrogen (secondary N) is 2. The van der Waals surface area contributed by atoms with Gasteiger partial charge in [-0.15, -0.1) is 0 Å². The Bertz CT molecular complexity index is 656. The third-order valence-corrected chi connectivity index (χ3v) is 3.25. The Morgan fingerprint density at radius 3 is 2.77 bits per heavy atom. The highest BCUT2D eigenvalue weighted by molar-refractivity contribution is 5.94. The van der Waals surface area contributed by atoms with E-state index in [1.165, 1.54) is 0 Å². The topological polar surface area (TPSA) is 63.2 Å². The molecule has 0 aliphatic heterocycles. The number of hydrogen-bond acceptors (Lipinski definition) is 4. The molecule has 0 aliphatic rings. The Morgan fingerprint density at radius 1 is 1.27 bits per heavy atom. The second-order valence-electron chi connectivity index (χ2n) is 4.86. The fraction of sp³-hybridized carbons (Fsp3) is 0.294. The average molecular weight is 299 g/mol. The maximum atomic E-state index is 11.6. The van der Waals surface area contributed by atoms with Gasteiger partial charge in [-0.05, 0) is 43.7 Å². The smallest absolute Gasteiger partial charge is 0.251 e. The van der Waals surface area contributed by atoms with Crippen molar-refractivity contribution < 1.29 is 9.53 Å². The van der Waals surface area contributed by atoms with E-state index in [0.717, 1.165) is 16.9 Å². The molecule has 0 saturated heterocycles. The van der Waals surface area contributed by atoms with E-state index in [2.05, 4.69) is 15.6 Å². The van der Waals surface area contributed by atoms with Crippen molar-refractivity contribution in [2.24, 2.45) is 0 Å². The maximum Gasteiger partial charge on any atom is 0.251 e. The third kappa shape index (κ3) is 3.97. The van der Waals surface area contributed by atoms with Gasteiger partial charge in [-0.25, -0.2) is 4.98 Å². The fourth-order valence-corrected chi connectivity index (χ4v) is 2.12. The van der Waals surface area contributed by atoms with Crippen molar-refractivity contribution >= 4 is 11.6 Å². The zero-order valence-electron chi connectivity index (χ0n) is 13.1. The lowest BCUT2D eigenvalue weighted by Gasteiger charge is -2.11. The number of benzene rings is 1. The molecule has 1 aromatic carbocycles. The van der Waals surface area contributed by atoms with Gasteiger partial charge in [-0.3, -0.25) is 4.79 Å². The molecule has 0 spiro atoms. The van der Waals surface area contributed by atoms with Gasteiger partial charge in [0.2, 0.25) is 5.88 Å². The van der Waals surface area contributed by atoms with Crippen LogP contribution in [-0.4, -0.2) is 24.5 Å². The lowest BCUT2D eigenvalue weighted by atomic mass is 10.1. The quantitative estimate of drug-likeness (QED) is 0.861. The summed E-state index contributed by atoms with van der Waals surface area (Å²) in [6, 6.07) is 11.3. The van der Waals surface area contributed by atoms with Gasteiger partial charge in [0, 0.05) is 24.4 Å². The van der Waals surface area contributed by atoms with Gasteiger partial charge in [0.25, 0.3) is 5.91 Å². The van der Waals surface area contributed by atoms with Crippen LogP contribution in [0.5, 0.6) is 5.88 Å². The molecule has 2 aromatic rings. The summed E-state index contributed by atoms with van der Waals surface area (Å²) in [5.41, 5.74) is 3.56. The number of amides is 1. The fourth-order valence-electron chi connectivity index (χ4n) is 2.12. The Balaban J connectivity index is 2.05. The van der Waals surface area contributed by atoms with Crippen LogP contribution in [0.1, 0.15) is 28.5 Å². The van der Waals surface area contributed by atoms with Gasteiger partial charge in [0.15, 0.2) is 0 Å². The number of pyridine rings is 1. The van der Waals surface area contributed by atoms with Gasteiger partial charge >= 0.3 is 0 Å². The summed E-state index contributed by atoms with van der Waals surface area (Å²) in [6.07, 6.45) is 0. The highest BCUT2D eigenvalue weighted by Gasteiger charge is 2.06. The summed E-state index contributed by atoms with van der Waals surface area (Å²) in [4.78, 5) is 16.0. The van der Waals surface area contributed by atoms with Crippen molar-refractivity contribution in [3.8, 4) is 5.88 Å². The Labute approximate surface area is 130 Å². The molecule has 1 aromatic heterocycles. The second-order valence-corrected chi connectivity index (χ2v) is 4.86. The average Bonchev–Trinajstić information content (AvgIpc) is 2.53. The highest BCUT2D eigenvalue weighted by Crippen LogP contribution is 2.18. The lowest BCUT2D eigenvalue weighted by molar-refractivity contribution is 0.0963. The van der Waals surface area contributed by atoms with Crippen LogP contribution >= 0.6 is 0 Å². The summed E-state index contributed by atoms with van der Waals surface area (Å²) >= 11 is 0. The van der Waals surface area contributed by atoms with Crippen LogP contribution in [0, 0.1) is 6.92 Å². The minimum atomic E-state index is -0.0827. The van der Waals surface area contributed by atoms with E-state index >= 15 is 0 Å². The van der Waals surface area contributed by atoms with E-state index < -0.39 is 0 Å². The molecule has 5 nitrogen and oxygen atoms in total. The first kappa shape index (κ1) is 15.8. The molecule has 0 atom stereocenters. The van der Waals surface area contributed by atoms with Crippen LogP contribution in [0.2, 0.25) is 0 Å². The number of ether oxygens (including phenoxy) is 1. The van der Waals surface area contributed by atoms with E-state index in [1.54, 1.807) is 13.1 Å². The first-order chi connectivity index (χ1) is 10.6. The minimum Gasteiger partial charge on any atom is -0.478 e. The summed E-state index contributed by atoms with van der Waals surface area (Å²) in [5, 5.41) is 5.95. The number of hydrogen-bond donors (Lipinski definition) is 2. The van der Waals surface area contributed by atoms with Gasteiger partial charge in [0.1, 0.15) is 0 Å². The number of aryl methyl sites for hydroxylation is 1. The largest absolute Gasteiger partial charge is 0.478 e. The number of nitrogens with zero attached hydrogens (tertiary/aromatic N) is 1. The van der Waals surface area contributed by atoms with Crippen LogP contribution in [0.3, 0.4) is 0 Å². The zero-order chi connectivity index (χ0) is 15.9. The predicted octanol–water partition coefficient (Wildman–Crippen LogP) is 2.76. The predicted molar refractivity (Wildman–Crippen MR) is 87.3 cm³/mol. The SMILES string of the molecule is CCOc1cccc(CNc2ccc(C(=O)NC)cc2C)n1. The summed E-state index contributed by atoms with van der Waals surface area (Å²) in [6.45, 7) is 5.10. The monoisotopic (exact) mass is 299 g/mol. The van der Waals surface area contributed by atoms with Crippen molar-refractivity contribution in [3.63, 3.8) is 0 Å². The van der Waals surface area contributed by atoms with Crippen LogP contribution < -0.4 is 15.4 Å². The summed E-state index contributed by atoms with van der Waals surface area (Å²) in [5.74, 6) is 0.550. The van der Waals surface area contributed by atoms with Gasteiger partial charge in [-0.1, -0.05) is 6.07 Å². The van der Waals surface area contributed by atoms with E-state index in [-0.39, 0.29) is 5.91 Å². The van der Waals surface area contributed by atoms with Crippen molar-refractivity contribution in [2.45, 2.75) is 20.4 Å². The normalized spacial score (nSPS) is 10.1. The van der Waals surface area contributed by atoms with E-state index in [1.807, 2.05) is 44.2 Å². The number of rotatable bonds is 6. The molecule has 0 bridgehead atoms. The Morgan fingerprint density at radius 2 is 2.09 bits per heavy atom. The molecule has 116 valence electrons. The standard InChI is InChI=1S/C17H21N3O2/c1-4-22-16-7-5-6-14(20-16)11-19-15-9-8-13(10-12(15)2)17(21)18-3/h5-10,19H,4,11H2,1-3H3,(H,18,21). The van der Waals surface area contributed by atoms with E-state index in [9.17, 15) is 4.79 Å². The number of anilines is 1. The maximum absolute atomic E-state index is 11.6. The Kier molecular flexibility index (Phi) is 5.36. The zero-order valence-corrected chi connectivity index (χ0v) is 13.1. The molecule has 1 heterocycles. The molecular weight excluding hydrogens is 278 g/mol. The van der Waals surface area contributed by atoms with Crippen LogP contribution in [0.25, 0.3) is 0 Å². The molecule has 0 aliphatic carbocycles. The minimum absolute atomic E-state index is 0.0827. The number of aromatic nitrogens is 1. The van der Waals surface area contributed by atoms with Crippen LogP contribution in [-0.2, 0) is 6.54 Å². The van der Waals surface area contributed by atoms with Crippen molar-refractivity contribution in [2.75, 3.05) is 19.0 Å². The first-order valence-corrected chi connectivity index (χ1v) is 7.29. The van der Waals surface area contributed by atoms with E-state index in [4.69, 9.17) is 4.74 Å². The third-order valence-electron chi connectivity index (χ3n) is 3.25. The molecule has 22 heavy (non-hydrogen) atoms. The molecule has 0 fully saturated rings. The lowest BCUT2D eigenvalue weighted by Crippen LogP contribution is -2.18. The summed E-state index contributed by atoms with van der Waals surface area (Å²) in [7, 11) is 1.63. The number of carbonyl (C=O) groups is 1. The van der Waals surface area contributed by atoms with Crippen LogP contribution in [0.15, 0.2) is 36.4 Å². The first-order valence-electron chi connectivity index (χ1n) is 7.29. The molecule has 5 heteroatoms. The number of carbonyl (C=O) groups excluding carboxylic acids is 1. The van der Waals surface area contributed by atoms with Gasteiger partial charge in [-0.2, -0.15) is 0 Å². The Hall–Kier alpha value is -2.56. The van der Waals surface area contributed by atoms with Gasteiger partial charge in [0.05, 0.1) is 18.8 Å². The molecule has 0 radical (unpaired) electrons. The van der Waals surface area contributed by atoms with Crippen LogP contribution in [0.4, 0.5) is 5.69 Å². The molecule has 2 rings (SSSR count). The highest BCUT2D eigenvalue weighted by atomic mass is 16.5. The molecule has 0 unspecified atom stereocenters. The molecular formula is C17H21N3O2. The second kappa shape index (κ2) is 7.45.